The van der Waals surface area contributed by atoms with Crippen LogP contribution in [0.4, 0.5) is 0 Å². The molecular formula is C26H24N4O4+2. The molecule has 4 rings (SSSR count). The third-order valence-corrected chi connectivity index (χ3v) is 5.40. The maximum atomic E-state index is 10.8. The highest BCUT2D eigenvalue weighted by atomic mass is 16.4. The molecular weight excluding hydrogens is 432 g/mol. The Bertz CT molecular complexity index is 1200. The lowest BCUT2D eigenvalue weighted by atomic mass is 10.0. The topological polar surface area (TPSA) is 108 Å². The molecule has 0 atom stereocenters. The molecule has 0 aliphatic heterocycles. The second-order valence-corrected chi connectivity index (χ2v) is 7.80. The zero-order valence-electron chi connectivity index (χ0n) is 18.4. The van der Waals surface area contributed by atoms with Crippen LogP contribution in [0.25, 0.3) is 33.6 Å². The fourth-order valence-corrected chi connectivity index (χ4v) is 3.55. The van der Waals surface area contributed by atoms with E-state index in [1.165, 1.54) is 0 Å². The Labute approximate surface area is 196 Å². The molecule has 4 aromatic rings. The van der Waals surface area contributed by atoms with Crippen molar-refractivity contribution in [2.24, 2.45) is 0 Å². The normalized spacial score (nSPS) is 10.7. The SMILES string of the molecule is O=C(O)CC[n+]1ccc(-c2ccnc(-c3cc(-c4cc[n+](CCC(=O)O)cc4)ccn3)c2)cc1. The van der Waals surface area contributed by atoms with Gasteiger partial charge in [-0.3, -0.25) is 19.6 Å². The van der Waals surface area contributed by atoms with Crippen LogP contribution in [0.5, 0.6) is 0 Å². The van der Waals surface area contributed by atoms with Gasteiger partial charge in [0.05, 0.1) is 11.4 Å². The molecule has 4 aromatic heterocycles. The maximum Gasteiger partial charge on any atom is 0.309 e. The van der Waals surface area contributed by atoms with Crippen molar-refractivity contribution in [2.75, 3.05) is 0 Å². The summed E-state index contributed by atoms with van der Waals surface area (Å²) in [6.45, 7) is 0.847. The summed E-state index contributed by atoms with van der Waals surface area (Å²) in [7, 11) is 0. The van der Waals surface area contributed by atoms with Crippen LogP contribution in [0.1, 0.15) is 12.8 Å². The Morgan fingerprint density at radius 3 is 1.35 bits per heavy atom. The van der Waals surface area contributed by atoms with Crippen LogP contribution in [0, 0.1) is 0 Å². The van der Waals surface area contributed by atoms with Gasteiger partial charge in [-0.1, -0.05) is 0 Å². The van der Waals surface area contributed by atoms with E-state index in [1.54, 1.807) is 12.4 Å². The van der Waals surface area contributed by atoms with Crippen molar-refractivity contribution < 1.29 is 28.9 Å². The minimum Gasteiger partial charge on any atom is -0.481 e. The molecule has 0 unspecified atom stereocenters. The highest BCUT2D eigenvalue weighted by molar-refractivity contribution is 5.72. The number of aliphatic carboxylic acids is 2. The predicted octanol–water partition coefficient (Wildman–Crippen LogP) is 3.00. The lowest BCUT2D eigenvalue weighted by Crippen LogP contribution is -2.33. The van der Waals surface area contributed by atoms with E-state index in [9.17, 15) is 9.59 Å². The lowest BCUT2D eigenvalue weighted by Gasteiger charge is -2.07. The van der Waals surface area contributed by atoms with Gasteiger partial charge in [0.2, 0.25) is 0 Å². The van der Waals surface area contributed by atoms with Gasteiger partial charge in [0.1, 0.15) is 12.8 Å². The van der Waals surface area contributed by atoms with Gasteiger partial charge in [-0.05, 0) is 46.5 Å². The summed E-state index contributed by atoms with van der Waals surface area (Å²) in [6, 6.07) is 15.6. The number of pyridine rings is 4. The molecule has 0 amide bonds. The number of carboxylic acids is 2. The van der Waals surface area contributed by atoms with Crippen molar-refractivity contribution in [1.29, 1.82) is 0 Å². The van der Waals surface area contributed by atoms with Crippen LogP contribution >= 0.6 is 0 Å². The molecule has 0 aromatic carbocycles. The largest absolute Gasteiger partial charge is 0.481 e. The molecule has 0 bridgehead atoms. The first kappa shape index (κ1) is 22.7. The van der Waals surface area contributed by atoms with Gasteiger partial charge >= 0.3 is 11.9 Å². The number of hydrogen-bond acceptors (Lipinski definition) is 4. The van der Waals surface area contributed by atoms with E-state index in [0.29, 0.717) is 13.1 Å². The average Bonchev–Trinajstić information content (AvgIpc) is 2.87. The smallest absolute Gasteiger partial charge is 0.309 e. The molecule has 0 aliphatic carbocycles. The van der Waals surface area contributed by atoms with Crippen LogP contribution in [-0.2, 0) is 22.7 Å². The fourth-order valence-electron chi connectivity index (χ4n) is 3.55. The Hall–Kier alpha value is -4.46. The van der Waals surface area contributed by atoms with E-state index < -0.39 is 11.9 Å². The molecule has 170 valence electrons. The first-order valence-electron chi connectivity index (χ1n) is 10.8. The Kier molecular flexibility index (Phi) is 6.98. The summed E-state index contributed by atoms with van der Waals surface area (Å²) in [5, 5.41) is 17.7. The van der Waals surface area contributed by atoms with Crippen molar-refractivity contribution in [3.8, 4) is 33.6 Å². The summed E-state index contributed by atoms with van der Waals surface area (Å²) in [5.41, 5.74) is 5.47. The summed E-state index contributed by atoms with van der Waals surface area (Å²) in [5.74, 6) is -1.64. The van der Waals surface area contributed by atoms with Gasteiger partial charge in [-0.2, -0.15) is 0 Å². The van der Waals surface area contributed by atoms with Crippen LogP contribution in [0.15, 0.2) is 85.7 Å². The molecule has 0 saturated carbocycles. The molecule has 0 saturated heterocycles. The van der Waals surface area contributed by atoms with Crippen molar-refractivity contribution in [1.82, 2.24) is 9.97 Å². The quantitative estimate of drug-likeness (QED) is 0.375. The van der Waals surface area contributed by atoms with Crippen LogP contribution < -0.4 is 9.13 Å². The summed E-state index contributed by atoms with van der Waals surface area (Å²) in [6.07, 6.45) is 11.1. The van der Waals surface area contributed by atoms with Crippen molar-refractivity contribution in [3.63, 3.8) is 0 Å². The van der Waals surface area contributed by atoms with Crippen LogP contribution in [0.2, 0.25) is 0 Å². The van der Waals surface area contributed by atoms with Gasteiger partial charge in [-0.25, -0.2) is 9.13 Å². The fraction of sp³-hybridized carbons (Fsp3) is 0.154. The predicted molar refractivity (Wildman–Crippen MR) is 123 cm³/mol. The zero-order valence-corrected chi connectivity index (χ0v) is 18.4. The number of aryl methyl sites for hydroxylation is 2. The van der Waals surface area contributed by atoms with Crippen molar-refractivity contribution >= 4 is 11.9 Å². The molecule has 2 N–H and O–H groups in total. The van der Waals surface area contributed by atoms with E-state index in [4.69, 9.17) is 10.2 Å². The van der Waals surface area contributed by atoms with E-state index in [-0.39, 0.29) is 12.8 Å². The molecule has 0 aliphatic rings. The van der Waals surface area contributed by atoms with E-state index in [1.807, 2.05) is 82.5 Å². The second kappa shape index (κ2) is 10.4. The Balaban J connectivity index is 1.53. The molecule has 0 spiro atoms. The summed E-state index contributed by atoms with van der Waals surface area (Å²) >= 11 is 0. The molecule has 0 fully saturated rings. The van der Waals surface area contributed by atoms with Gasteiger partial charge < -0.3 is 10.2 Å². The van der Waals surface area contributed by atoms with E-state index in [2.05, 4.69) is 9.97 Å². The monoisotopic (exact) mass is 456 g/mol. The number of carbonyl (C=O) groups is 2. The number of aromatic nitrogens is 4. The minimum absolute atomic E-state index is 0.0785. The van der Waals surface area contributed by atoms with Crippen molar-refractivity contribution in [2.45, 2.75) is 25.9 Å². The average molecular weight is 457 g/mol. The summed E-state index contributed by atoms with van der Waals surface area (Å²) < 4.78 is 3.69. The third kappa shape index (κ3) is 5.86. The Morgan fingerprint density at radius 2 is 1.00 bits per heavy atom. The lowest BCUT2D eigenvalue weighted by molar-refractivity contribution is -0.696. The molecule has 8 heteroatoms. The van der Waals surface area contributed by atoms with Crippen molar-refractivity contribution in [3.05, 3.63) is 85.7 Å². The number of carboxylic acid groups (broad SMARTS) is 2. The first-order valence-corrected chi connectivity index (χ1v) is 10.8. The first-order chi connectivity index (χ1) is 16.5. The van der Waals surface area contributed by atoms with Gasteiger partial charge in [0, 0.05) is 36.7 Å². The van der Waals surface area contributed by atoms with E-state index in [0.717, 1.165) is 33.6 Å². The maximum absolute atomic E-state index is 10.8. The molecule has 8 nitrogen and oxygen atoms in total. The highest BCUT2D eigenvalue weighted by Crippen LogP contribution is 2.26. The van der Waals surface area contributed by atoms with E-state index >= 15 is 0 Å². The zero-order chi connectivity index (χ0) is 23.9. The van der Waals surface area contributed by atoms with Gasteiger partial charge in [0.25, 0.3) is 0 Å². The minimum atomic E-state index is -0.821. The highest BCUT2D eigenvalue weighted by Gasteiger charge is 2.10. The van der Waals surface area contributed by atoms with Gasteiger partial charge in [-0.15, -0.1) is 0 Å². The Morgan fingerprint density at radius 1 is 0.618 bits per heavy atom. The number of hydrogen-bond donors (Lipinski definition) is 2. The van der Waals surface area contributed by atoms with Crippen LogP contribution in [-0.4, -0.2) is 32.1 Å². The third-order valence-electron chi connectivity index (χ3n) is 5.40. The van der Waals surface area contributed by atoms with Crippen LogP contribution in [0.3, 0.4) is 0 Å². The molecule has 4 heterocycles. The van der Waals surface area contributed by atoms with Gasteiger partial charge in [0.15, 0.2) is 37.9 Å². The summed E-state index contributed by atoms with van der Waals surface area (Å²) in [4.78, 5) is 30.5. The standard InChI is InChI=1S/C26H22N4O4/c31-25(32)7-15-29-11-3-19(4-12-29)21-1-9-27-23(17-21)24-18-22(2-10-28-24)20-5-13-30(14-6-20)16-8-26(33)34/h1-6,9-14,17-18H,7-8,15-16H2/p+2. The number of nitrogens with zero attached hydrogens (tertiary/aromatic N) is 4. The molecule has 0 radical (unpaired) electrons. The number of rotatable bonds is 9. The second-order valence-electron chi connectivity index (χ2n) is 7.80. The molecule has 34 heavy (non-hydrogen) atoms.